The number of carbonyl (C=O) groups is 1. The lowest BCUT2D eigenvalue weighted by Crippen LogP contribution is -2.44. The van der Waals surface area contributed by atoms with Crippen molar-refractivity contribution in [2.45, 2.75) is 38.1 Å². The Hall–Kier alpha value is -1.40. The van der Waals surface area contributed by atoms with Crippen LogP contribution in [0.5, 0.6) is 0 Å². The van der Waals surface area contributed by atoms with Crippen LogP contribution in [-0.4, -0.2) is 53.6 Å². The molecule has 1 saturated carbocycles. The van der Waals surface area contributed by atoms with Crippen LogP contribution in [0.3, 0.4) is 0 Å². The summed E-state index contributed by atoms with van der Waals surface area (Å²) in [6, 6.07) is 0. The van der Waals surface area contributed by atoms with E-state index in [1.165, 1.54) is 24.1 Å². The fourth-order valence-corrected chi connectivity index (χ4v) is 3.93. The molecule has 132 valence electrons. The molecule has 3 aliphatic rings. The molecule has 4 rings (SSSR count). The molecule has 0 unspecified atom stereocenters. The van der Waals surface area contributed by atoms with Crippen molar-refractivity contribution in [3.63, 3.8) is 0 Å². The highest BCUT2D eigenvalue weighted by atomic mass is 16.5. The SMILES string of the molecule is Cn1ncc2c1[C@@H](COCC1CC1)CN(C(=O)C1CCOCC1)C2. The Bertz CT molecular complexity index is 590. The topological polar surface area (TPSA) is 56.6 Å². The number of aryl methyl sites for hydroxylation is 1. The Morgan fingerprint density at radius 2 is 2.08 bits per heavy atom. The van der Waals surface area contributed by atoms with Gasteiger partial charge in [-0.25, -0.2) is 0 Å². The normalized spacial score (nSPS) is 24.9. The van der Waals surface area contributed by atoms with Gasteiger partial charge in [0.1, 0.15) is 0 Å². The van der Waals surface area contributed by atoms with Gasteiger partial charge >= 0.3 is 0 Å². The van der Waals surface area contributed by atoms with E-state index < -0.39 is 0 Å². The molecule has 1 amide bonds. The maximum atomic E-state index is 12.9. The molecule has 1 saturated heterocycles. The Balaban J connectivity index is 1.45. The van der Waals surface area contributed by atoms with Crippen molar-refractivity contribution >= 4 is 5.91 Å². The molecule has 1 aliphatic carbocycles. The van der Waals surface area contributed by atoms with E-state index in [9.17, 15) is 4.79 Å². The average Bonchev–Trinajstić information content (AvgIpc) is 3.36. The highest BCUT2D eigenvalue weighted by molar-refractivity contribution is 5.79. The number of fused-ring (bicyclic) bond motifs is 1. The van der Waals surface area contributed by atoms with Gasteiger partial charge in [0.05, 0.1) is 18.5 Å². The largest absolute Gasteiger partial charge is 0.381 e. The van der Waals surface area contributed by atoms with Crippen LogP contribution in [-0.2, 0) is 27.9 Å². The van der Waals surface area contributed by atoms with Crippen molar-refractivity contribution in [2.24, 2.45) is 18.9 Å². The third-order valence-corrected chi connectivity index (χ3v) is 5.50. The van der Waals surface area contributed by atoms with E-state index in [2.05, 4.69) is 5.10 Å². The Kier molecular flexibility index (Phi) is 4.59. The number of hydrogen-bond donors (Lipinski definition) is 0. The number of aromatic nitrogens is 2. The Labute approximate surface area is 143 Å². The van der Waals surface area contributed by atoms with E-state index in [-0.39, 0.29) is 17.7 Å². The number of nitrogens with zero attached hydrogens (tertiary/aromatic N) is 3. The minimum atomic E-state index is 0.116. The summed E-state index contributed by atoms with van der Waals surface area (Å²) in [5.41, 5.74) is 2.41. The first-order chi connectivity index (χ1) is 11.7. The van der Waals surface area contributed by atoms with Gasteiger partial charge in [-0.15, -0.1) is 0 Å². The van der Waals surface area contributed by atoms with Gasteiger partial charge in [0.25, 0.3) is 0 Å². The molecule has 3 heterocycles. The predicted octanol–water partition coefficient (Wildman–Crippen LogP) is 1.70. The van der Waals surface area contributed by atoms with Crippen LogP contribution in [0.25, 0.3) is 0 Å². The summed E-state index contributed by atoms with van der Waals surface area (Å²) in [6.07, 6.45) is 6.20. The summed E-state index contributed by atoms with van der Waals surface area (Å²) in [5, 5.41) is 4.41. The third-order valence-electron chi connectivity index (χ3n) is 5.50. The van der Waals surface area contributed by atoms with Gasteiger partial charge in [-0.05, 0) is 31.6 Å². The summed E-state index contributed by atoms with van der Waals surface area (Å²) in [5.74, 6) is 1.38. The van der Waals surface area contributed by atoms with Crippen molar-refractivity contribution in [1.29, 1.82) is 0 Å². The second-order valence-electron chi connectivity index (χ2n) is 7.46. The first-order valence-electron chi connectivity index (χ1n) is 9.17. The number of rotatable bonds is 5. The lowest BCUT2D eigenvalue weighted by Gasteiger charge is -2.36. The molecule has 0 radical (unpaired) electrons. The monoisotopic (exact) mass is 333 g/mol. The van der Waals surface area contributed by atoms with Gasteiger partial charge in [-0.2, -0.15) is 5.10 Å². The van der Waals surface area contributed by atoms with Crippen molar-refractivity contribution in [3.8, 4) is 0 Å². The van der Waals surface area contributed by atoms with Crippen LogP contribution in [0.15, 0.2) is 6.20 Å². The smallest absolute Gasteiger partial charge is 0.226 e. The molecule has 1 aromatic heterocycles. The van der Waals surface area contributed by atoms with Crippen LogP contribution in [0.1, 0.15) is 42.9 Å². The number of carbonyl (C=O) groups excluding carboxylic acids is 1. The molecule has 1 aromatic rings. The summed E-state index contributed by atoms with van der Waals surface area (Å²) in [7, 11) is 1.99. The second kappa shape index (κ2) is 6.84. The van der Waals surface area contributed by atoms with Crippen molar-refractivity contribution in [3.05, 3.63) is 17.5 Å². The lowest BCUT2D eigenvalue weighted by molar-refractivity contribution is -0.140. The van der Waals surface area contributed by atoms with Gasteiger partial charge in [0.15, 0.2) is 0 Å². The summed E-state index contributed by atoms with van der Waals surface area (Å²) in [6.45, 7) is 4.37. The molecule has 6 nitrogen and oxygen atoms in total. The highest BCUT2D eigenvalue weighted by Crippen LogP contribution is 2.32. The molecule has 24 heavy (non-hydrogen) atoms. The van der Waals surface area contributed by atoms with E-state index in [0.29, 0.717) is 26.4 Å². The Morgan fingerprint density at radius 3 is 2.83 bits per heavy atom. The van der Waals surface area contributed by atoms with Gasteiger partial charge in [0.2, 0.25) is 5.91 Å². The maximum absolute atomic E-state index is 12.9. The van der Waals surface area contributed by atoms with Gasteiger partial charge in [0, 0.05) is 57.4 Å². The average molecular weight is 333 g/mol. The molecule has 0 N–H and O–H groups in total. The van der Waals surface area contributed by atoms with Gasteiger partial charge < -0.3 is 14.4 Å². The van der Waals surface area contributed by atoms with Crippen molar-refractivity contribution in [1.82, 2.24) is 14.7 Å². The minimum absolute atomic E-state index is 0.116. The van der Waals surface area contributed by atoms with Crippen LogP contribution < -0.4 is 0 Å². The molecule has 2 aliphatic heterocycles. The van der Waals surface area contributed by atoms with Crippen molar-refractivity contribution in [2.75, 3.05) is 33.0 Å². The van der Waals surface area contributed by atoms with Gasteiger partial charge in [-0.1, -0.05) is 0 Å². The fourth-order valence-electron chi connectivity index (χ4n) is 3.93. The highest BCUT2D eigenvalue weighted by Gasteiger charge is 2.34. The van der Waals surface area contributed by atoms with Crippen LogP contribution in [0.4, 0.5) is 0 Å². The first-order valence-corrected chi connectivity index (χ1v) is 9.17. The maximum Gasteiger partial charge on any atom is 0.226 e. The quantitative estimate of drug-likeness (QED) is 0.823. The van der Waals surface area contributed by atoms with E-state index in [1.54, 1.807) is 0 Å². The number of amides is 1. The summed E-state index contributed by atoms with van der Waals surface area (Å²) >= 11 is 0. The molecule has 0 bridgehead atoms. The van der Waals surface area contributed by atoms with E-state index in [0.717, 1.165) is 31.9 Å². The standard InChI is InChI=1S/C18H27N3O3/c1-20-17-15(8-19-20)9-21(18(22)14-4-6-23-7-5-14)10-16(17)12-24-11-13-2-3-13/h8,13-14,16H,2-7,9-12H2,1H3/t16-/m1/s1. The van der Waals surface area contributed by atoms with E-state index in [1.807, 2.05) is 22.8 Å². The third kappa shape index (κ3) is 3.35. The summed E-state index contributed by atoms with van der Waals surface area (Å²) < 4.78 is 13.3. The molecule has 2 fully saturated rings. The lowest BCUT2D eigenvalue weighted by atomic mass is 9.93. The minimum Gasteiger partial charge on any atom is -0.381 e. The van der Waals surface area contributed by atoms with Crippen molar-refractivity contribution < 1.29 is 14.3 Å². The second-order valence-corrected chi connectivity index (χ2v) is 7.46. The van der Waals surface area contributed by atoms with Gasteiger partial charge in [-0.3, -0.25) is 9.48 Å². The van der Waals surface area contributed by atoms with E-state index in [4.69, 9.17) is 9.47 Å². The molecule has 0 aromatic carbocycles. The molecule has 1 atom stereocenters. The zero-order valence-electron chi connectivity index (χ0n) is 14.4. The molecule has 6 heteroatoms. The van der Waals surface area contributed by atoms with Crippen LogP contribution in [0, 0.1) is 11.8 Å². The van der Waals surface area contributed by atoms with E-state index >= 15 is 0 Å². The number of hydrogen-bond acceptors (Lipinski definition) is 4. The predicted molar refractivity (Wildman–Crippen MR) is 88.5 cm³/mol. The van der Waals surface area contributed by atoms with Crippen LogP contribution >= 0.6 is 0 Å². The zero-order chi connectivity index (χ0) is 16.5. The zero-order valence-corrected chi connectivity index (χ0v) is 14.4. The Morgan fingerprint density at radius 1 is 1.29 bits per heavy atom. The fraction of sp³-hybridized carbons (Fsp3) is 0.778. The number of ether oxygens (including phenoxy) is 2. The molecular formula is C18H27N3O3. The first kappa shape index (κ1) is 16.1. The molecule has 0 spiro atoms. The molecular weight excluding hydrogens is 306 g/mol. The summed E-state index contributed by atoms with van der Waals surface area (Å²) in [4.78, 5) is 14.9. The van der Waals surface area contributed by atoms with Crippen LogP contribution in [0.2, 0.25) is 0 Å².